The zero-order chi connectivity index (χ0) is 14.1. The predicted octanol–water partition coefficient (Wildman–Crippen LogP) is 3.97. The van der Waals surface area contributed by atoms with Gasteiger partial charge in [0.15, 0.2) is 5.82 Å². The summed E-state index contributed by atoms with van der Waals surface area (Å²) in [6, 6.07) is 4.57. The van der Waals surface area contributed by atoms with Crippen LogP contribution in [0.1, 0.15) is 24.1 Å². The lowest BCUT2D eigenvalue weighted by Gasteiger charge is -2.19. The number of benzene rings is 1. The van der Waals surface area contributed by atoms with Crippen molar-refractivity contribution in [3.8, 4) is 11.4 Å². The number of nitrogens with one attached hydrogen (secondary N) is 1. The molecule has 0 fully saturated rings. The van der Waals surface area contributed by atoms with Gasteiger partial charge in [0.2, 0.25) is 0 Å². The van der Waals surface area contributed by atoms with E-state index in [0.717, 1.165) is 35.2 Å². The Morgan fingerprint density at radius 1 is 1.20 bits per heavy atom. The van der Waals surface area contributed by atoms with E-state index < -0.39 is 0 Å². The van der Waals surface area contributed by atoms with E-state index in [1.165, 1.54) is 24.1 Å². The van der Waals surface area contributed by atoms with Gasteiger partial charge in [-0.3, -0.25) is 0 Å². The van der Waals surface area contributed by atoms with Crippen LogP contribution in [0.5, 0.6) is 0 Å². The van der Waals surface area contributed by atoms with E-state index in [2.05, 4.69) is 31.2 Å². The predicted molar refractivity (Wildman–Crippen MR) is 81.3 cm³/mol. The van der Waals surface area contributed by atoms with E-state index >= 15 is 0 Å². The molecule has 1 aromatic carbocycles. The highest BCUT2D eigenvalue weighted by atomic mass is 79.9. The maximum atomic E-state index is 13.5. The van der Waals surface area contributed by atoms with Gasteiger partial charge in [0.05, 0.1) is 0 Å². The molecule has 104 valence electrons. The molecule has 20 heavy (non-hydrogen) atoms. The van der Waals surface area contributed by atoms with Gasteiger partial charge in [-0.05, 0) is 43.9 Å². The molecule has 0 radical (unpaired) electrons. The van der Waals surface area contributed by atoms with E-state index in [-0.39, 0.29) is 5.82 Å². The Bertz CT molecular complexity index is 641. The summed E-state index contributed by atoms with van der Waals surface area (Å²) in [4.78, 5) is 9.20. The first-order valence-electron chi connectivity index (χ1n) is 6.72. The molecule has 0 spiro atoms. The van der Waals surface area contributed by atoms with E-state index in [1.807, 2.05) is 7.05 Å². The molecular formula is C15H15BrFN3. The molecule has 1 heterocycles. The summed E-state index contributed by atoms with van der Waals surface area (Å²) in [5.41, 5.74) is 2.98. The summed E-state index contributed by atoms with van der Waals surface area (Å²) >= 11 is 3.44. The standard InChI is InChI=1S/C15H15BrFN3/c1-18-14-10-4-2-3-5-13(10)19-15(20-14)11-8-9(17)6-7-12(11)16/h6-8H,2-5H2,1H3,(H,18,19,20). The highest BCUT2D eigenvalue weighted by Gasteiger charge is 2.18. The van der Waals surface area contributed by atoms with Crippen molar-refractivity contribution in [1.29, 1.82) is 0 Å². The maximum absolute atomic E-state index is 13.5. The first-order valence-corrected chi connectivity index (χ1v) is 7.51. The molecule has 1 aromatic heterocycles. The Labute approximate surface area is 125 Å². The smallest absolute Gasteiger partial charge is 0.163 e. The lowest BCUT2D eigenvalue weighted by Crippen LogP contribution is -2.12. The van der Waals surface area contributed by atoms with Crippen LogP contribution in [-0.2, 0) is 12.8 Å². The van der Waals surface area contributed by atoms with Crippen LogP contribution in [-0.4, -0.2) is 17.0 Å². The zero-order valence-electron chi connectivity index (χ0n) is 11.2. The van der Waals surface area contributed by atoms with Crippen LogP contribution >= 0.6 is 15.9 Å². The van der Waals surface area contributed by atoms with Crippen molar-refractivity contribution in [2.45, 2.75) is 25.7 Å². The molecule has 0 bridgehead atoms. The van der Waals surface area contributed by atoms with E-state index in [9.17, 15) is 4.39 Å². The molecule has 2 aromatic rings. The molecule has 3 rings (SSSR count). The number of halogens is 2. The van der Waals surface area contributed by atoms with Crippen molar-refractivity contribution in [3.05, 3.63) is 39.7 Å². The van der Waals surface area contributed by atoms with Crippen LogP contribution in [0.2, 0.25) is 0 Å². The fourth-order valence-electron chi connectivity index (χ4n) is 2.59. The van der Waals surface area contributed by atoms with Crippen LogP contribution in [0.3, 0.4) is 0 Å². The van der Waals surface area contributed by atoms with Crippen molar-refractivity contribution in [1.82, 2.24) is 9.97 Å². The summed E-state index contributed by atoms with van der Waals surface area (Å²) in [5.74, 6) is 1.15. The molecule has 1 aliphatic rings. The van der Waals surface area contributed by atoms with Gasteiger partial charge < -0.3 is 5.32 Å². The molecule has 0 atom stereocenters. The monoisotopic (exact) mass is 335 g/mol. The van der Waals surface area contributed by atoms with Gasteiger partial charge in [-0.1, -0.05) is 15.9 Å². The normalized spacial score (nSPS) is 13.9. The minimum Gasteiger partial charge on any atom is -0.373 e. The number of fused-ring (bicyclic) bond motifs is 1. The zero-order valence-corrected chi connectivity index (χ0v) is 12.8. The first-order chi connectivity index (χ1) is 9.69. The van der Waals surface area contributed by atoms with Crippen LogP contribution < -0.4 is 5.32 Å². The average Bonchev–Trinajstić information content (AvgIpc) is 2.48. The number of rotatable bonds is 2. The summed E-state index contributed by atoms with van der Waals surface area (Å²) < 4.78 is 14.3. The number of nitrogens with zero attached hydrogens (tertiary/aromatic N) is 2. The third-order valence-corrected chi connectivity index (χ3v) is 4.28. The van der Waals surface area contributed by atoms with Crippen LogP contribution in [0.4, 0.5) is 10.2 Å². The molecule has 0 saturated carbocycles. The summed E-state index contributed by atoms with van der Waals surface area (Å²) in [6.45, 7) is 0. The van der Waals surface area contributed by atoms with Gasteiger partial charge in [0.25, 0.3) is 0 Å². The number of anilines is 1. The lowest BCUT2D eigenvalue weighted by atomic mass is 9.96. The highest BCUT2D eigenvalue weighted by molar-refractivity contribution is 9.10. The van der Waals surface area contributed by atoms with Gasteiger partial charge in [-0.2, -0.15) is 0 Å². The topological polar surface area (TPSA) is 37.8 Å². The molecule has 1 aliphatic carbocycles. The minimum absolute atomic E-state index is 0.282. The van der Waals surface area contributed by atoms with Crippen molar-refractivity contribution < 1.29 is 4.39 Å². The second-order valence-electron chi connectivity index (χ2n) is 4.90. The van der Waals surface area contributed by atoms with Gasteiger partial charge in [-0.15, -0.1) is 0 Å². The van der Waals surface area contributed by atoms with Crippen molar-refractivity contribution in [2.24, 2.45) is 0 Å². The summed E-state index contributed by atoms with van der Waals surface area (Å²) in [5, 5.41) is 3.14. The summed E-state index contributed by atoms with van der Waals surface area (Å²) in [6.07, 6.45) is 4.30. The second kappa shape index (κ2) is 5.48. The van der Waals surface area contributed by atoms with Gasteiger partial charge >= 0.3 is 0 Å². The first kappa shape index (κ1) is 13.5. The fourth-order valence-corrected chi connectivity index (χ4v) is 3.01. The average molecular weight is 336 g/mol. The Hall–Kier alpha value is -1.49. The molecule has 0 unspecified atom stereocenters. The molecular weight excluding hydrogens is 321 g/mol. The van der Waals surface area contributed by atoms with Crippen molar-refractivity contribution >= 4 is 21.7 Å². The Morgan fingerprint density at radius 2 is 2.00 bits per heavy atom. The van der Waals surface area contributed by atoms with Crippen molar-refractivity contribution in [3.63, 3.8) is 0 Å². The van der Waals surface area contributed by atoms with E-state index in [4.69, 9.17) is 0 Å². The fraction of sp³-hybridized carbons (Fsp3) is 0.333. The summed E-state index contributed by atoms with van der Waals surface area (Å²) in [7, 11) is 1.86. The second-order valence-corrected chi connectivity index (χ2v) is 5.76. The van der Waals surface area contributed by atoms with E-state index in [0.29, 0.717) is 11.4 Å². The third kappa shape index (κ3) is 2.42. The lowest BCUT2D eigenvalue weighted by molar-refractivity contribution is 0.627. The van der Waals surface area contributed by atoms with Crippen LogP contribution in [0.15, 0.2) is 22.7 Å². The number of hydrogen-bond donors (Lipinski definition) is 1. The SMILES string of the molecule is CNc1nc(-c2cc(F)ccc2Br)nc2c1CCCC2. The largest absolute Gasteiger partial charge is 0.373 e. The van der Waals surface area contributed by atoms with E-state index in [1.54, 1.807) is 6.07 Å². The maximum Gasteiger partial charge on any atom is 0.163 e. The van der Waals surface area contributed by atoms with Crippen LogP contribution in [0.25, 0.3) is 11.4 Å². The number of hydrogen-bond acceptors (Lipinski definition) is 3. The van der Waals surface area contributed by atoms with Gasteiger partial charge in [-0.25, -0.2) is 14.4 Å². The molecule has 0 aliphatic heterocycles. The van der Waals surface area contributed by atoms with Crippen molar-refractivity contribution in [2.75, 3.05) is 12.4 Å². The molecule has 5 heteroatoms. The number of aryl methyl sites for hydroxylation is 1. The van der Waals surface area contributed by atoms with Gasteiger partial charge in [0.1, 0.15) is 11.6 Å². The minimum atomic E-state index is -0.282. The quantitative estimate of drug-likeness (QED) is 0.902. The highest BCUT2D eigenvalue weighted by Crippen LogP contribution is 2.31. The van der Waals surface area contributed by atoms with Crippen LogP contribution in [0, 0.1) is 5.82 Å². The molecule has 3 nitrogen and oxygen atoms in total. The Balaban J connectivity index is 2.17. The third-order valence-electron chi connectivity index (χ3n) is 3.59. The Morgan fingerprint density at radius 3 is 2.80 bits per heavy atom. The molecule has 0 saturated heterocycles. The number of aromatic nitrogens is 2. The molecule has 0 amide bonds. The van der Waals surface area contributed by atoms with Gasteiger partial charge in [0, 0.05) is 28.3 Å². The molecule has 1 N–H and O–H groups in total. The Kier molecular flexibility index (Phi) is 3.70.